The van der Waals surface area contributed by atoms with Crippen LogP contribution in [-0.4, -0.2) is 37.2 Å². The molecule has 3 aromatic heterocycles. The molecule has 0 spiro atoms. The quantitative estimate of drug-likeness (QED) is 0.520. The van der Waals surface area contributed by atoms with Crippen molar-refractivity contribution in [2.24, 2.45) is 0 Å². The lowest BCUT2D eigenvalue weighted by Crippen LogP contribution is -2.18. The van der Waals surface area contributed by atoms with Gasteiger partial charge in [-0.1, -0.05) is 6.07 Å². The van der Waals surface area contributed by atoms with Crippen LogP contribution in [-0.2, 0) is 4.74 Å². The van der Waals surface area contributed by atoms with Crippen molar-refractivity contribution in [1.82, 2.24) is 24.5 Å². The Bertz CT molecular complexity index is 1180. The highest BCUT2D eigenvalue weighted by atomic mass is 16.5. The van der Waals surface area contributed by atoms with Gasteiger partial charge in [0, 0.05) is 23.9 Å². The molecular formula is C22H24N6O2. The van der Waals surface area contributed by atoms with E-state index in [0.717, 1.165) is 42.5 Å². The van der Waals surface area contributed by atoms with E-state index in [1.807, 2.05) is 48.7 Å². The van der Waals surface area contributed by atoms with Crippen LogP contribution >= 0.6 is 0 Å². The van der Waals surface area contributed by atoms with Crippen molar-refractivity contribution in [2.75, 3.05) is 11.9 Å². The van der Waals surface area contributed by atoms with Gasteiger partial charge < -0.3 is 14.8 Å². The Kier molecular flexibility index (Phi) is 4.92. The Hall–Kier alpha value is -3.26. The van der Waals surface area contributed by atoms with E-state index in [4.69, 9.17) is 14.5 Å². The van der Waals surface area contributed by atoms with E-state index in [0.29, 0.717) is 23.0 Å². The van der Waals surface area contributed by atoms with Crippen molar-refractivity contribution < 1.29 is 9.47 Å². The molecule has 30 heavy (non-hydrogen) atoms. The van der Waals surface area contributed by atoms with Crippen molar-refractivity contribution in [2.45, 2.75) is 45.4 Å². The summed E-state index contributed by atoms with van der Waals surface area (Å²) in [5.41, 5.74) is 3.17. The maximum Gasteiger partial charge on any atom is 0.247 e. The third-order valence-corrected chi connectivity index (χ3v) is 5.06. The summed E-state index contributed by atoms with van der Waals surface area (Å²) >= 11 is 0. The highest BCUT2D eigenvalue weighted by Gasteiger charge is 2.22. The monoisotopic (exact) mass is 404 g/mol. The minimum Gasteiger partial charge on any atom is -0.473 e. The van der Waals surface area contributed by atoms with Crippen molar-refractivity contribution >= 4 is 33.7 Å². The summed E-state index contributed by atoms with van der Waals surface area (Å²) < 4.78 is 13.9. The second-order valence-electron chi connectivity index (χ2n) is 7.70. The first kappa shape index (κ1) is 18.7. The predicted octanol–water partition coefficient (Wildman–Crippen LogP) is 4.60. The molecule has 1 atom stereocenters. The van der Waals surface area contributed by atoms with Gasteiger partial charge in [0.05, 0.1) is 17.9 Å². The van der Waals surface area contributed by atoms with Gasteiger partial charge in [0.15, 0.2) is 11.2 Å². The van der Waals surface area contributed by atoms with Gasteiger partial charge in [0.25, 0.3) is 0 Å². The molecule has 0 amide bonds. The Morgan fingerprint density at radius 2 is 2.10 bits per heavy atom. The lowest BCUT2D eigenvalue weighted by molar-refractivity contribution is -0.0298. The van der Waals surface area contributed by atoms with Gasteiger partial charge >= 0.3 is 0 Å². The van der Waals surface area contributed by atoms with Crippen LogP contribution in [0.1, 0.15) is 39.3 Å². The van der Waals surface area contributed by atoms with Crippen LogP contribution in [0.2, 0.25) is 0 Å². The Morgan fingerprint density at radius 1 is 1.17 bits per heavy atom. The third kappa shape index (κ3) is 3.66. The second kappa shape index (κ2) is 7.87. The van der Waals surface area contributed by atoms with Gasteiger partial charge in [-0.25, -0.2) is 4.98 Å². The summed E-state index contributed by atoms with van der Waals surface area (Å²) in [7, 11) is 0. The van der Waals surface area contributed by atoms with Crippen molar-refractivity contribution in [3.63, 3.8) is 0 Å². The summed E-state index contributed by atoms with van der Waals surface area (Å²) in [6.45, 7) is 4.69. The zero-order valence-electron chi connectivity index (χ0n) is 17.1. The molecule has 8 heteroatoms. The minimum absolute atomic E-state index is 0.0289. The molecule has 4 heterocycles. The molecule has 1 saturated heterocycles. The van der Waals surface area contributed by atoms with Gasteiger partial charge in [0.1, 0.15) is 6.23 Å². The molecule has 154 valence electrons. The summed E-state index contributed by atoms with van der Waals surface area (Å²) in [5, 5.41) is 4.35. The minimum atomic E-state index is -0.0647. The molecule has 0 radical (unpaired) electrons. The molecule has 1 aliphatic heterocycles. The molecule has 1 N–H and O–H groups in total. The first-order valence-corrected chi connectivity index (χ1v) is 10.3. The van der Waals surface area contributed by atoms with Crippen molar-refractivity contribution in [3.8, 4) is 5.88 Å². The summed E-state index contributed by atoms with van der Waals surface area (Å²) in [5.74, 6) is 0.925. The fourth-order valence-corrected chi connectivity index (χ4v) is 3.69. The van der Waals surface area contributed by atoms with E-state index in [2.05, 4.69) is 20.3 Å². The average Bonchev–Trinajstić information content (AvgIpc) is 3.18. The first-order valence-electron chi connectivity index (χ1n) is 10.3. The average molecular weight is 404 g/mol. The highest BCUT2D eigenvalue weighted by Crippen LogP contribution is 2.30. The van der Waals surface area contributed by atoms with Crippen LogP contribution in [0, 0.1) is 0 Å². The standard InChI is InChI=1S/C22H24N6O2/c1-14(2)30-21-19-20(28(13-24-19)18-7-3-4-11-29-18)26-22(27-21)25-16-8-9-17-15(12-16)6-5-10-23-17/h5-6,8-10,12-14,18H,3-4,7,11H2,1-2H3,(H,25,26,27). The van der Waals surface area contributed by atoms with E-state index in [-0.39, 0.29) is 12.3 Å². The van der Waals surface area contributed by atoms with E-state index in [1.54, 1.807) is 12.5 Å². The second-order valence-corrected chi connectivity index (χ2v) is 7.70. The maximum atomic E-state index is 5.96. The lowest BCUT2D eigenvalue weighted by Gasteiger charge is -2.24. The van der Waals surface area contributed by atoms with E-state index >= 15 is 0 Å². The van der Waals surface area contributed by atoms with Crippen LogP contribution in [0.5, 0.6) is 5.88 Å². The van der Waals surface area contributed by atoms with Gasteiger partial charge in [0.2, 0.25) is 11.8 Å². The SMILES string of the molecule is CC(C)Oc1nc(Nc2ccc3ncccc3c2)nc2c1ncn2C1CCCCO1. The molecule has 1 unspecified atom stereocenters. The number of aromatic nitrogens is 5. The number of imidazole rings is 1. The third-order valence-electron chi connectivity index (χ3n) is 5.06. The van der Waals surface area contributed by atoms with Gasteiger partial charge in [-0.05, 0) is 57.4 Å². The molecule has 0 saturated carbocycles. The zero-order valence-corrected chi connectivity index (χ0v) is 17.1. The smallest absolute Gasteiger partial charge is 0.247 e. The number of nitrogens with zero attached hydrogens (tertiary/aromatic N) is 5. The maximum absolute atomic E-state index is 5.96. The molecule has 4 aromatic rings. The van der Waals surface area contributed by atoms with Crippen LogP contribution in [0.4, 0.5) is 11.6 Å². The number of pyridine rings is 1. The normalized spacial score (nSPS) is 17.0. The predicted molar refractivity (Wildman–Crippen MR) is 115 cm³/mol. The molecule has 1 fully saturated rings. The number of nitrogens with one attached hydrogen (secondary N) is 1. The molecule has 0 aliphatic carbocycles. The fraction of sp³-hybridized carbons (Fsp3) is 0.364. The van der Waals surface area contributed by atoms with E-state index in [9.17, 15) is 0 Å². The number of ether oxygens (including phenoxy) is 2. The van der Waals surface area contributed by atoms with Gasteiger partial charge in [-0.15, -0.1) is 0 Å². The number of benzene rings is 1. The largest absolute Gasteiger partial charge is 0.473 e. The Labute approximate surface area is 174 Å². The van der Waals surface area contributed by atoms with Gasteiger partial charge in [-0.2, -0.15) is 9.97 Å². The van der Waals surface area contributed by atoms with Crippen molar-refractivity contribution in [3.05, 3.63) is 42.9 Å². The van der Waals surface area contributed by atoms with Crippen molar-refractivity contribution in [1.29, 1.82) is 0 Å². The van der Waals surface area contributed by atoms with Gasteiger partial charge in [-0.3, -0.25) is 9.55 Å². The molecule has 1 aliphatic rings. The zero-order chi connectivity index (χ0) is 20.5. The number of hydrogen-bond donors (Lipinski definition) is 1. The lowest BCUT2D eigenvalue weighted by atomic mass is 10.2. The first-order chi connectivity index (χ1) is 14.7. The van der Waals surface area contributed by atoms with E-state index in [1.165, 1.54) is 0 Å². The molecule has 5 rings (SSSR count). The number of rotatable bonds is 5. The Balaban J connectivity index is 1.55. The molecule has 1 aromatic carbocycles. The summed E-state index contributed by atoms with van der Waals surface area (Å²) in [6.07, 6.45) is 6.62. The Morgan fingerprint density at radius 3 is 2.93 bits per heavy atom. The number of anilines is 2. The molecule has 8 nitrogen and oxygen atoms in total. The van der Waals surface area contributed by atoms with Crippen LogP contribution in [0.25, 0.3) is 22.1 Å². The topological polar surface area (TPSA) is 87.0 Å². The summed E-state index contributed by atoms with van der Waals surface area (Å²) in [6, 6.07) is 9.92. The number of fused-ring (bicyclic) bond motifs is 2. The summed E-state index contributed by atoms with van der Waals surface area (Å²) in [4.78, 5) is 18.3. The van der Waals surface area contributed by atoms with Crippen LogP contribution in [0.15, 0.2) is 42.9 Å². The molecular weight excluding hydrogens is 380 g/mol. The van der Waals surface area contributed by atoms with Crippen LogP contribution in [0.3, 0.4) is 0 Å². The molecule has 0 bridgehead atoms. The highest BCUT2D eigenvalue weighted by molar-refractivity contribution is 5.83. The van der Waals surface area contributed by atoms with E-state index < -0.39 is 0 Å². The fourth-order valence-electron chi connectivity index (χ4n) is 3.69. The number of hydrogen-bond acceptors (Lipinski definition) is 7. The van der Waals surface area contributed by atoms with Crippen LogP contribution < -0.4 is 10.1 Å².